The average molecular weight is 260 g/mol. The molecule has 100 valence electrons. The summed E-state index contributed by atoms with van der Waals surface area (Å²) in [4.78, 5) is 8.42. The Labute approximate surface area is 111 Å². The van der Waals surface area contributed by atoms with E-state index in [0.717, 1.165) is 11.4 Å². The fraction of sp³-hybridized carbons (Fsp3) is 0.538. The molecule has 0 aliphatic carbocycles. The van der Waals surface area contributed by atoms with E-state index >= 15 is 0 Å². The van der Waals surface area contributed by atoms with Crippen LogP contribution in [0.15, 0.2) is 6.07 Å². The predicted octanol–water partition coefficient (Wildman–Crippen LogP) is -0.377. The molecule has 3 heterocycles. The third-order valence-electron chi connectivity index (χ3n) is 3.64. The van der Waals surface area contributed by atoms with E-state index in [1.807, 2.05) is 22.8 Å². The van der Waals surface area contributed by atoms with E-state index in [1.165, 1.54) is 0 Å². The zero-order valence-electron chi connectivity index (χ0n) is 10.7. The lowest BCUT2D eigenvalue weighted by Gasteiger charge is -2.40. The first-order valence-electron chi connectivity index (χ1n) is 6.36. The minimum Gasteiger partial charge on any atom is -0.389 e. The number of aryl methyl sites for hydroxylation is 1. The van der Waals surface area contributed by atoms with Crippen molar-refractivity contribution in [1.82, 2.24) is 4.98 Å². The molecular weight excluding hydrogens is 244 g/mol. The van der Waals surface area contributed by atoms with Gasteiger partial charge in [-0.05, 0) is 18.6 Å². The van der Waals surface area contributed by atoms with Gasteiger partial charge in [-0.1, -0.05) is 0 Å². The van der Waals surface area contributed by atoms with Crippen LogP contribution in [-0.2, 0) is 0 Å². The van der Waals surface area contributed by atoms with Gasteiger partial charge in [-0.15, -0.1) is 0 Å². The molecule has 0 aromatic carbocycles. The highest BCUT2D eigenvalue weighted by atomic mass is 16.3. The lowest BCUT2D eigenvalue weighted by Crippen LogP contribution is -2.53. The van der Waals surface area contributed by atoms with Crippen LogP contribution in [0.5, 0.6) is 0 Å². The van der Waals surface area contributed by atoms with Gasteiger partial charge in [0.1, 0.15) is 17.7 Å². The van der Waals surface area contributed by atoms with Crippen LogP contribution in [0.25, 0.3) is 0 Å². The number of nitrogens with zero attached hydrogens (tertiary/aromatic N) is 4. The van der Waals surface area contributed by atoms with Crippen LogP contribution in [0.1, 0.15) is 11.1 Å². The van der Waals surface area contributed by atoms with Gasteiger partial charge in [0.2, 0.25) is 0 Å². The molecule has 6 nitrogen and oxygen atoms in total. The molecule has 2 N–H and O–H groups in total. The van der Waals surface area contributed by atoms with Crippen molar-refractivity contribution in [3.8, 4) is 6.07 Å². The SMILES string of the molecule is Cc1cc(N2CC(O)C2)nc(N2CC(O)C2)c1C#N. The van der Waals surface area contributed by atoms with E-state index < -0.39 is 0 Å². The quantitative estimate of drug-likeness (QED) is 0.754. The Morgan fingerprint density at radius 3 is 2.32 bits per heavy atom. The predicted molar refractivity (Wildman–Crippen MR) is 70.1 cm³/mol. The number of nitriles is 1. The van der Waals surface area contributed by atoms with Gasteiger partial charge < -0.3 is 20.0 Å². The molecule has 0 spiro atoms. The molecule has 0 radical (unpaired) electrons. The maximum Gasteiger partial charge on any atom is 0.149 e. The van der Waals surface area contributed by atoms with Gasteiger partial charge in [0.05, 0.1) is 17.8 Å². The Kier molecular flexibility index (Phi) is 2.81. The highest BCUT2D eigenvalue weighted by Gasteiger charge is 2.31. The summed E-state index contributed by atoms with van der Waals surface area (Å²) in [5.74, 6) is 1.43. The number of anilines is 2. The van der Waals surface area contributed by atoms with Crippen molar-refractivity contribution < 1.29 is 10.2 Å². The minimum absolute atomic E-state index is 0.285. The van der Waals surface area contributed by atoms with Crippen LogP contribution >= 0.6 is 0 Å². The summed E-state index contributed by atoms with van der Waals surface area (Å²) in [6.45, 7) is 4.10. The number of hydrogen-bond acceptors (Lipinski definition) is 6. The summed E-state index contributed by atoms with van der Waals surface area (Å²) in [6, 6.07) is 4.06. The summed E-state index contributed by atoms with van der Waals surface area (Å²) in [5.41, 5.74) is 1.45. The number of aliphatic hydroxyl groups excluding tert-OH is 2. The monoisotopic (exact) mass is 260 g/mol. The molecule has 0 amide bonds. The maximum atomic E-state index is 9.39. The Morgan fingerprint density at radius 2 is 1.79 bits per heavy atom. The second-order valence-corrected chi connectivity index (χ2v) is 5.23. The fourth-order valence-electron chi connectivity index (χ4n) is 2.44. The fourth-order valence-corrected chi connectivity index (χ4v) is 2.44. The third kappa shape index (κ3) is 2.01. The smallest absolute Gasteiger partial charge is 0.149 e. The molecule has 1 aromatic rings. The molecule has 0 unspecified atom stereocenters. The van der Waals surface area contributed by atoms with Crippen molar-refractivity contribution in [2.45, 2.75) is 19.1 Å². The van der Waals surface area contributed by atoms with Crippen molar-refractivity contribution in [3.63, 3.8) is 0 Å². The van der Waals surface area contributed by atoms with Crippen LogP contribution in [0, 0.1) is 18.3 Å². The van der Waals surface area contributed by atoms with Gasteiger partial charge in [-0.2, -0.15) is 5.26 Å². The number of aliphatic hydroxyl groups is 2. The van der Waals surface area contributed by atoms with Crippen LogP contribution in [0.2, 0.25) is 0 Å². The number of aromatic nitrogens is 1. The summed E-state index contributed by atoms with van der Waals surface area (Å²) in [7, 11) is 0. The number of rotatable bonds is 2. The molecule has 0 saturated carbocycles. The van der Waals surface area contributed by atoms with E-state index in [1.54, 1.807) is 0 Å². The number of hydrogen-bond donors (Lipinski definition) is 2. The van der Waals surface area contributed by atoms with Gasteiger partial charge >= 0.3 is 0 Å². The highest BCUT2D eigenvalue weighted by Crippen LogP contribution is 2.30. The second kappa shape index (κ2) is 4.37. The lowest BCUT2D eigenvalue weighted by molar-refractivity contribution is 0.140. The second-order valence-electron chi connectivity index (χ2n) is 5.23. The van der Waals surface area contributed by atoms with Gasteiger partial charge in [-0.3, -0.25) is 0 Å². The van der Waals surface area contributed by atoms with E-state index in [4.69, 9.17) is 0 Å². The molecule has 3 rings (SSSR count). The third-order valence-corrected chi connectivity index (χ3v) is 3.64. The summed E-state index contributed by atoms with van der Waals surface area (Å²) in [5, 5.41) is 28.0. The van der Waals surface area contributed by atoms with E-state index in [9.17, 15) is 15.5 Å². The van der Waals surface area contributed by atoms with Gasteiger partial charge in [0.25, 0.3) is 0 Å². The molecule has 6 heteroatoms. The molecule has 0 bridgehead atoms. The van der Waals surface area contributed by atoms with Gasteiger partial charge in [-0.25, -0.2) is 4.98 Å². The van der Waals surface area contributed by atoms with E-state index in [0.29, 0.717) is 37.6 Å². The summed E-state index contributed by atoms with van der Waals surface area (Å²) < 4.78 is 0. The Balaban J connectivity index is 1.94. The summed E-state index contributed by atoms with van der Waals surface area (Å²) >= 11 is 0. The minimum atomic E-state index is -0.330. The van der Waals surface area contributed by atoms with E-state index in [-0.39, 0.29) is 12.2 Å². The molecule has 19 heavy (non-hydrogen) atoms. The lowest BCUT2D eigenvalue weighted by atomic mass is 10.1. The molecule has 0 atom stereocenters. The number of β-amino-alcohol motifs (C(OH)–C–C–N with tert-alkyl or cyclic N) is 2. The average Bonchev–Trinajstić information content (AvgIpc) is 2.30. The van der Waals surface area contributed by atoms with Crippen molar-refractivity contribution in [3.05, 3.63) is 17.2 Å². The Hall–Kier alpha value is -1.84. The van der Waals surface area contributed by atoms with Crippen molar-refractivity contribution in [2.75, 3.05) is 36.0 Å². The molecule has 1 aromatic heterocycles. The van der Waals surface area contributed by atoms with Gasteiger partial charge in [0, 0.05) is 26.2 Å². The Morgan fingerprint density at radius 1 is 1.21 bits per heavy atom. The molecule has 2 aliphatic heterocycles. The first-order valence-corrected chi connectivity index (χ1v) is 6.36. The van der Waals surface area contributed by atoms with E-state index in [2.05, 4.69) is 11.1 Å². The number of pyridine rings is 1. The van der Waals surface area contributed by atoms with Crippen molar-refractivity contribution >= 4 is 11.6 Å². The molecule has 2 saturated heterocycles. The highest BCUT2D eigenvalue weighted by molar-refractivity contribution is 5.64. The van der Waals surface area contributed by atoms with Crippen LogP contribution in [0.3, 0.4) is 0 Å². The molecule has 2 aliphatic rings. The normalized spacial score (nSPS) is 19.9. The Bertz CT molecular complexity index is 542. The molecular formula is C13H16N4O2. The first-order chi connectivity index (χ1) is 9.08. The largest absolute Gasteiger partial charge is 0.389 e. The standard InChI is InChI=1S/C13H16N4O2/c1-8-2-12(16-4-9(18)5-16)15-13(11(8)3-14)17-6-10(19)7-17/h2,9-10,18-19H,4-7H2,1H3. The zero-order chi connectivity index (χ0) is 13.6. The van der Waals surface area contributed by atoms with Crippen LogP contribution < -0.4 is 9.80 Å². The zero-order valence-corrected chi connectivity index (χ0v) is 10.7. The summed E-state index contributed by atoms with van der Waals surface area (Å²) in [6.07, 6.45) is -0.616. The van der Waals surface area contributed by atoms with Crippen LogP contribution in [-0.4, -0.2) is 53.6 Å². The first kappa shape index (κ1) is 12.2. The maximum absolute atomic E-state index is 9.39. The van der Waals surface area contributed by atoms with Crippen LogP contribution in [0.4, 0.5) is 11.6 Å². The molecule has 2 fully saturated rings. The van der Waals surface area contributed by atoms with Crippen molar-refractivity contribution in [2.24, 2.45) is 0 Å². The van der Waals surface area contributed by atoms with Gasteiger partial charge in [0.15, 0.2) is 0 Å². The topological polar surface area (TPSA) is 83.6 Å². The van der Waals surface area contributed by atoms with Crippen molar-refractivity contribution in [1.29, 1.82) is 5.26 Å².